The standard InChI is InChI=1S/C12H18N2O3S/c1-6(2)7(3)13-12-14-9(11(16)17-5)10(18-12)8(4)15/h6-7H,1-5H3,(H,13,14). The minimum Gasteiger partial charge on any atom is -0.464 e. The predicted octanol–water partition coefficient (Wildman–Crippen LogP) is 2.59. The van der Waals surface area contributed by atoms with Gasteiger partial charge in [0.05, 0.1) is 7.11 Å². The van der Waals surface area contributed by atoms with E-state index >= 15 is 0 Å². The Labute approximate surface area is 111 Å². The molecule has 18 heavy (non-hydrogen) atoms. The monoisotopic (exact) mass is 270 g/mol. The molecular weight excluding hydrogens is 252 g/mol. The maximum atomic E-state index is 11.5. The Morgan fingerprint density at radius 2 is 1.94 bits per heavy atom. The smallest absolute Gasteiger partial charge is 0.358 e. The molecule has 6 heteroatoms. The second-order valence-electron chi connectivity index (χ2n) is 4.42. The SMILES string of the molecule is COC(=O)c1nc(NC(C)C(C)C)sc1C(C)=O. The van der Waals surface area contributed by atoms with Gasteiger partial charge in [-0.15, -0.1) is 0 Å². The highest BCUT2D eigenvalue weighted by molar-refractivity contribution is 7.17. The van der Waals surface area contributed by atoms with Gasteiger partial charge in [-0.2, -0.15) is 0 Å². The van der Waals surface area contributed by atoms with Crippen LogP contribution in [0.5, 0.6) is 0 Å². The fraction of sp³-hybridized carbons (Fsp3) is 0.583. The molecule has 0 aromatic carbocycles. The van der Waals surface area contributed by atoms with Crippen LogP contribution in [0.3, 0.4) is 0 Å². The van der Waals surface area contributed by atoms with Crippen LogP contribution in [0.1, 0.15) is 47.9 Å². The van der Waals surface area contributed by atoms with E-state index in [1.54, 1.807) is 0 Å². The number of nitrogens with zero attached hydrogens (tertiary/aromatic N) is 1. The van der Waals surface area contributed by atoms with Gasteiger partial charge in [-0.05, 0) is 12.8 Å². The lowest BCUT2D eigenvalue weighted by Crippen LogP contribution is -2.21. The van der Waals surface area contributed by atoms with Crippen molar-refractivity contribution in [3.05, 3.63) is 10.6 Å². The molecule has 0 aliphatic heterocycles. The molecule has 0 fully saturated rings. The molecule has 0 spiro atoms. The molecule has 1 unspecified atom stereocenters. The number of thiazole rings is 1. The normalized spacial score (nSPS) is 12.3. The summed E-state index contributed by atoms with van der Waals surface area (Å²) in [6.45, 7) is 7.60. The number of nitrogens with one attached hydrogen (secondary N) is 1. The molecule has 0 aliphatic rings. The van der Waals surface area contributed by atoms with Crippen LogP contribution in [0.4, 0.5) is 5.13 Å². The highest BCUT2D eigenvalue weighted by Crippen LogP contribution is 2.25. The number of ketones is 1. The lowest BCUT2D eigenvalue weighted by atomic mass is 10.1. The van der Waals surface area contributed by atoms with Crippen molar-refractivity contribution >= 4 is 28.2 Å². The minimum atomic E-state index is -0.582. The molecule has 0 aliphatic carbocycles. The van der Waals surface area contributed by atoms with Gasteiger partial charge >= 0.3 is 5.97 Å². The molecule has 5 nitrogen and oxygen atoms in total. The summed E-state index contributed by atoms with van der Waals surface area (Å²) >= 11 is 1.18. The van der Waals surface area contributed by atoms with Gasteiger partial charge in [-0.3, -0.25) is 4.79 Å². The maximum absolute atomic E-state index is 11.5. The molecule has 100 valence electrons. The lowest BCUT2D eigenvalue weighted by Gasteiger charge is -2.16. The summed E-state index contributed by atoms with van der Waals surface area (Å²) in [4.78, 5) is 27.4. The van der Waals surface area contributed by atoms with Crippen LogP contribution in [0, 0.1) is 5.92 Å². The van der Waals surface area contributed by atoms with Crippen molar-refractivity contribution in [3.8, 4) is 0 Å². The van der Waals surface area contributed by atoms with Gasteiger partial charge in [0.15, 0.2) is 16.6 Å². The third kappa shape index (κ3) is 3.29. The van der Waals surface area contributed by atoms with Crippen LogP contribution in [0.15, 0.2) is 0 Å². The summed E-state index contributed by atoms with van der Waals surface area (Å²) in [6, 6.07) is 0.210. The van der Waals surface area contributed by atoms with Crippen LogP contribution in [-0.4, -0.2) is 29.9 Å². The fourth-order valence-corrected chi connectivity index (χ4v) is 2.16. The van der Waals surface area contributed by atoms with E-state index in [-0.39, 0.29) is 17.5 Å². The molecule has 1 N–H and O–H groups in total. The van der Waals surface area contributed by atoms with E-state index in [2.05, 4.69) is 28.9 Å². The van der Waals surface area contributed by atoms with Crippen molar-refractivity contribution in [2.24, 2.45) is 5.92 Å². The molecular formula is C12H18N2O3S. The Bertz CT molecular complexity index is 454. The molecule has 0 radical (unpaired) electrons. The molecule has 0 saturated heterocycles. The first-order valence-electron chi connectivity index (χ1n) is 5.73. The largest absolute Gasteiger partial charge is 0.464 e. The quantitative estimate of drug-likeness (QED) is 0.658. The van der Waals surface area contributed by atoms with Gasteiger partial charge in [-0.25, -0.2) is 9.78 Å². The number of Topliss-reactive ketones (excluding diaryl/α,β-unsaturated/α-hetero) is 1. The Morgan fingerprint density at radius 1 is 1.33 bits per heavy atom. The third-order valence-electron chi connectivity index (χ3n) is 2.68. The maximum Gasteiger partial charge on any atom is 0.358 e. The number of carbonyl (C=O) groups excluding carboxylic acids is 2. The number of hydrogen-bond donors (Lipinski definition) is 1. The number of methoxy groups -OCH3 is 1. The summed E-state index contributed by atoms with van der Waals surface area (Å²) in [7, 11) is 1.27. The Hall–Kier alpha value is -1.43. The van der Waals surface area contributed by atoms with Crippen molar-refractivity contribution in [2.75, 3.05) is 12.4 Å². The van der Waals surface area contributed by atoms with Crippen LogP contribution in [-0.2, 0) is 4.74 Å². The first kappa shape index (κ1) is 14.6. The van der Waals surface area contributed by atoms with E-state index in [1.165, 1.54) is 25.4 Å². The minimum absolute atomic E-state index is 0.0912. The van der Waals surface area contributed by atoms with Crippen molar-refractivity contribution in [3.63, 3.8) is 0 Å². The number of rotatable bonds is 5. The molecule has 1 atom stereocenters. The van der Waals surface area contributed by atoms with Crippen molar-refractivity contribution < 1.29 is 14.3 Å². The van der Waals surface area contributed by atoms with Gasteiger partial charge in [0.2, 0.25) is 0 Å². The zero-order valence-corrected chi connectivity index (χ0v) is 12.1. The summed E-state index contributed by atoms with van der Waals surface area (Å²) in [6.07, 6.45) is 0. The van der Waals surface area contributed by atoms with Gasteiger partial charge in [0, 0.05) is 13.0 Å². The van der Waals surface area contributed by atoms with Crippen LogP contribution < -0.4 is 5.32 Å². The zero-order chi connectivity index (χ0) is 13.9. The summed E-state index contributed by atoms with van der Waals surface area (Å²) in [5.41, 5.74) is 0.0912. The van der Waals surface area contributed by atoms with Crippen molar-refractivity contribution in [1.82, 2.24) is 4.98 Å². The van der Waals surface area contributed by atoms with Crippen molar-refractivity contribution in [1.29, 1.82) is 0 Å². The fourth-order valence-electron chi connectivity index (χ4n) is 1.22. The van der Waals surface area contributed by atoms with Crippen molar-refractivity contribution in [2.45, 2.75) is 33.7 Å². The second-order valence-corrected chi connectivity index (χ2v) is 5.42. The average Bonchev–Trinajstić information content (AvgIpc) is 2.71. The van der Waals surface area contributed by atoms with Gasteiger partial charge in [0.25, 0.3) is 0 Å². The Morgan fingerprint density at radius 3 is 2.39 bits per heavy atom. The predicted molar refractivity (Wildman–Crippen MR) is 71.4 cm³/mol. The number of anilines is 1. The van der Waals surface area contributed by atoms with Gasteiger partial charge < -0.3 is 10.1 Å². The molecule has 0 bridgehead atoms. The highest BCUT2D eigenvalue weighted by Gasteiger charge is 2.22. The molecule has 0 amide bonds. The summed E-state index contributed by atoms with van der Waals surface area (Å²) in [5, 5.41) is 3.75. The first-order chi connectivity index (χ1) is 8.36. The van der Waals surface area contributed by atoms with Crippen LogP contribution in [0.2, 0.25) is 0 Å². The molecule has 1 aromatic heterocycles. The average molecular weight is 270 g/mol. The third-order valence-corrected chi connectivity index (χ3v) is 3.76. The summed E-state index contributed by atoms with van der Waals surface area (Å²) < 4.78 is 4.62. The topological polar surface area (TPSA) is 68.3 Å². The highest BCUT2D eigenvalue weighted by atomic mass is 32.1. The van der Waals surface area contributed by atoms with E-state index < -0.39 is 5.97 Å². The molecule has 1 heterocycles. The number of esters is 1. The van der Waals surface area contributed by atoms with E-state index in [9.17, 15) is 9.59 Å². The van der Waals surface area contributed by atoms with E-state index in [0.717, 1.165) is 0 Å². The molecule has 1 rings (SSSR count). The summed E-state index contributed by atoms with van der Waals surface area (Å²) in [5.74, 6) is -0.337. The number of carbonyl (C=O) groups is 2. The number of ether oxygens (including phenoxy) is 1. The lowest BCUT2D eigenvalue weighted by molar-refractivity contribution is 0.0591. The zero-order valence-electron chi connectivity index (χ0n) is 11.2. The van der Waals surface area contributed by atoms with Gasteiger partial charge in [-0.1, -0.05) is 25.2 Å². The number of aromatic nitrogens is 1. The van der Waals surface area contributed by atoms with E-state index in [4.69, 9.17) is 0 Å². The Kier molecular flexibility index (Phi) is 4.84. The second kappa shape index (κ2) is 5.95. The Balaban J connectivity index is 3.03. The van der Waals surface area contributed by atoms with E-state index in [1.807, 2.05) is 6.92 Å². The molecule has 1 aromatic rings. The first-order valence-corrected chi connectivity index (χ1v) is 6.55. The van der Waals surface area contributed by atoms with Gasteiger partial charge in [0.1, 0.15) is 4.88 Å². The van der Waals surface area contributed by atoms with Crippen LogP contribution >= 0.6 is 11.3 Å². The molecule has 0 saturated carbocycles. The number of hydrogen-bond acceptors (Lipinski definition) is 6. The van der Waals surface area contributed by atoms with Crippen LogP contribution in [0.25, 0.3) is 0 Å². The van der Waals surface area contributed by atoms with E-state index in [0.29, 0.717) is 15.9 Å².